The Morgan fingerprint density at radius 3 is 2.20 bits per heavy atom. The van der Waals surface area contributed by atoms with Crippen LogP contribution in [0.5, 0.6) is 0 Å². The molecule has 130 valence electrons. The fourth-order valence-corrected chi connectivity index (χ4v) is 2.22. The molecule has 3 N–H and O–H groups in total. The molecule has 6 nitrogen and oxygen atoms in total. The summed E-state index contributed by atoms with van der Waals surface area (Å²) in [5, 5.41) is 2.70. The third-order valence-corrected chi connectivity index (χ3v) is 3.39. The Labute approximate surface area is 144 Å². The highest BCUT2D eigenvalue weighted by Gasteiger charge is 2.17. The highest BCUT2D eigenvalue weighted by atomic mass is 19.1. The second-order valence-corrected chi connectivity index (χ2v) is 5.38. The van der Waals surface area contributed by atoms with E-state index in [1.807, 2.05) is 6.07 Å². The Hall–Kier alpha value is -3.22. The molecule has 2 rings (SSSR count). The molecule has 2 aromatic carbocycles. The summed E-state index contributed by atoms with van der Waals surface area (Å²) < 4.78 is 12.8. The lowest BCUT2D eigenvalue weighted by atomic mass is 10.0. The zero-order chi connectivity index (χ0) is 18.2. The predicted molar refractivity (Wildman–Crippen MR) is 89.6 cm³/mol. The maximum Gasteiger partial charge on any atom is 0.269 e. The molecule has 0 fully saturated rings. The van der Waals surface area contributed by atoms with Gasteiger partial charge < -0.3 is 5.32 Å². The van der Waals surface area contributed by atoms with Crippen molar-refractivity contribution in [3.05, 3.63) is 71.5 Å². The fourth-order valence-electron chi connectivity index (χ4n) is 2.22. The summed E-state index contributed by atoms with van der Waals surface area (Å²) in [6.07, 6.45) is -0.0483. The molecule has 25 heavy (non-hydrogen) atoms. The minimum atomic E-state index is -0.566. The van der Waals surface area contributed by atoms with Gasteiger partial charge in [-0.05, 0) is 29.8 Å². The molecule has 0 aliphatic rings. The second kappa shape index (κ2) is 8.58. The molecule has 0 radical (unpaired) electrons. The number of rotatable bonds is 5. The van der Waals surface area contributed by atoms with Crippen LogP contribution in [0.25, 0.3) is 0 Å². The van der Waals surface area contributed by atoms with E-state index in [2.05, 4.69) is 16.2 Å². The van der Waals surface area contributed by atoms with Crippen molar-refractivity contribution in [2.75, 3.05) is 0 Å². The Kier molecular flexibility index (Phi) is 6.22. The van der Waals surface area contributed by atoms with Crippen LogP contribution < -0.4 is 16.2 Å². The summed E-state index contributed by atoms with van der Waals surface area (Å²) >= 11 is 0. The Morgan fingerprint density at radius 2 is 1.60 bits per heavy atom. The second-order valence-electron chi connectivity index (χ2n) is 5.38. The first kappa shape index (κ1) is 18.1. The topological polar surface area (TPSA) is 87.3 Å². The van der Waals surface area contributed by atoms with Crippen LogP contribution >= 0.6 is 0 Å². The Bertz CT molecular complexity index is 748. The van der Waals surface area contributed by atoms with E-state index in [9.17, 15) is 18.8 Å². The average molecular weight is 343 g/mol. The molecular weight excluding hydrogens is 325 g/mol. The van der Waals surface area contributed by atoms with Gasteiger partial charge in [-0.2, -0.15) is 0 Å². The van der Waals surface area contributed by atoms with Crippen molar-refractivity contribution in [1.82, 2.24) is 16.2 Å². The van der Waals surface area contributed by atoms with Crippen molar-refractivity contribution in [3.63, 3.8) is 0 Å². The molecule has 7 heteroatoms. The van der Waals surface area contributed by atoms with Gasteiger partial charge in [0.15, 0.2) is 0 Å². The Morgan fingerprint density at radius 1 is 0.960 bits per heavy atom. The molecule has 0 spiro atoms. The maximum atomic E-state index is 12.8. The smallest absolute Gasteiger partial charge is 0.269 e. The zero-order valence-electron chi connectivity index (χ0n) is 13.6. The van der Waals surface area contributed by atoms with Gasteiger partial charge in [-0.3, -0.25) is 25.2 Å². The molecule has 0 bridgehead atoms. The van der Waals surface area contributed by atoms with Gasteiger partial charge in [0.1, 0.15) is 5.82 Å². The summed E-state index contributed by atoms with van der Waals surface area (Å²) in [5.74, 6) is -1.76. The quantitative estimate of drug-likeness (QED) is 0.724. The van der Waals surface area contributed by atoms with Gasteiger partial charge in [0.2, 0.25) is 11.8 Å². The lowest BCUT2D eigenvalue weighted by molar-refractivity contribution is -0.123. The van der Waals surface area contributed by atoms with Crippen LogP contribution in [0.3, 0.4) is 0 Å². The normalized spacial score (nSPS) is 11.3. The Balaban J connectivity index is 1.93. The SMILES string of the molecule is CC(=O)N[C@H](CC(=O)NNC(=O)c1ccc(F)cc1)c1ccccc1. The van der Waals surface area contributed by atoms with Gasteiger partial charge in [0, 0.05) is 12.5 Å². The summed E-state index contributed by atoms with van der Waals surface area (Å²) in [5.41, 5.74) is 5.53. The molecule has 0 saturated carbocycles. The number of hydrazine groups is 1. The van der Waals surface area contributed by atoms with Gasteiger partial charge in [-0.15, -0.1) is 0 Å². The third kappa shape index (κ3) is 5.72. The van der Waals surface area contributed by atoms with Crippen LogP contribution in [-0.2, 0) is 9.59 Å². The molecule has 3 amide bonds. The number of carbonyl (C=O) groups is 3. The zero-order valence-corrected chi connectivity index (χ0v) is 13.6. The number of hydrogen-bond donors (Lipinski definition) is 3. The first-order chi connectivity index (χ1) is 12.0. The molecule has 0 unspecified atom stereocenters. The molecule has 0 heterocycles. The van der Waals surface area contributed by atoms with Crippen molar-refractivity contribution < 1.29 is 18.8 Å². The molecule has 1 atom stereocenters. The number of carbonyl (C=O) groups excluding carboxylic acids is 3. The van der Waals surface area contributed by atoms with Gasteiger partial charge in [-0.25, -0.2) is 4.39 Å². The van der Waals surface area contributed by atoms with Gasteiger partial charge in [-0.1, -0.05) is 30.3 Å². The van der Waals surface area contributed by atoms with E-state index in [1.54, 1.807) is 24.3 Å². The highest BCUT2D eigenvalue weighted by molar-refractivity contribution is 5.95. The minimum absolute atomic E-state index is 0.0483. The standard InChI is InChI=1S/C18H18FN3O3/c1-12(23)20-16(13-5-3-2-4-6-13)11-17(24)21-22-18(25)14-7-9-15(19)10-8-14/h2-10,16H,11H2,1H3,(H,20,23)(H,21,24)(H,22,25)/t16-/m1/s1. The molecule has 0 aliphatic heterocycles. The van der Waals surface area contributed by atoms with Crippen molar-refractivity contribution in [3.8, 4) is 0 Å². The first-order valence-corrected chi connectivity index (χ1v) is 7.62. The fraction of sp³-hybridized carbons (Fsp3) is 0.167. The average Bonchev–Trinajstić information content (AvgIpc) is 2.60. The summed E-state index contributed by atoms with van der Waals surface area (Å²) in [7, 11) is 0. The lowest BCUT2D eigenvalue weighted by Gasteiger charge is -2.18. The van der Waals surface area contributed by atoms with Crippen LogP contribution in [-0.4, -0.2) is 17.7 Å². The first-order valence-electron chi connectivity index (χ1n) is 7.62. The van der Waals surface area contributed by atoms with E-state index in [-0.39, 0.29) is 17.9 Å². The third-order valence-electron chi connectivity index (χ3n) is 3.39. The molecule has 0 aromatic heterocycles. The van der Waals surface area contributed by atoms with E-state index in [1.165, 1.54) is 19.1 Å². The van der Waals surface area contributed by atoms with Crippen molar-refractivity contribution in [1.29, 1.82) is 0 Å². The molecule has 2 aromatic rings. The van der Waals surface area contributed by atoms with Gasteiger partial charge >= 0.3 is 0 Å². The summed E-state index contributed by atoms with van der Waals surface area (Å²) in [6, 6.07) is 13.4. The van der Waals surface area contributed by atoms with Crippen LogP contribution in [0.1, 0.15) is 35.3 Å². The molecular formula is C18H18FN3O3. The van der Waals surface area contributed by atoms with Crippen LogP contribution in [0.15, 0.2) is 54.6 Å². The van der Waals surface area contributed by atoms with E-state index in [4.69, 9.17) is 0 Å². The summed E-state index contributed by atoms with van der Waals surface area (Å²) in [6.45, 7) is 1.37. The maximum absolute atomic E-state index is 12.8. The number of hydrogen-bond acceptors (Lipinski definition) is 3. The largest absolute Gasteiger partial charge is 0.349 e. The van der Waals surface area contributed by atoms with Crippen LogP contribution in [0.2, 0.25) is 0 Å². The van der Waals surface area contributed by atoms with Gasteiger partial charge in [0.25, 0.3) is 5.91 Å². The lowest BCUT2D eigenvalue weighted by Crippen LogP contribution is -2.43. The molecule has 0 saturated heterocycles. The van der Waals surface area contributed by atoms with E-state index < -0.39 is 23.7 Å². The monoisotopic (exact) mass is 343 g/mol. The van der Waals surface area contributed by atoms with E-state index in [0.29, 0.717) is 0 Å². The van der Waals surface area contributed by atoms with Crippen LogP contribution in [0, 0.1) is 5.82 Å². The number of nitrogens with one attached hydrogen (secondary N) is 3. The summed E-state index contributed by atoms with van der Waals surface area (Å²) in [4.78, 5) is 35.3. The number of benzene rings is 2. The van der Waals surface area contributed by atoms with Gasteiger partial charge in [0.05, 0.1) is 12.5 Å². The van der Waals surface area contributed by atoms with Crippen molar-refractivity contribution in [2.24, 2.45) is 0 Å². The van der Waals surface area contributed by atoms with E-state index >= 15 is 0 Å². The van der Waals surface area contributed by atoms with Crippen LogP contribution in [0.4, 0.5) is 4.39 Å². The van der Waals surface area contributed by atoms with Crippen molar-refractivity contribution >= 4 is 17.7 Å². The minimum Gasteiger partial charge on any atom is -0.349 e. The number of amides is 3. The molecule has 0 aliphatic carbocycles. The number of halogens is 1. The predicted octanol–water partition coefficient (Wildman–Crippen LogP) is 1.85. The van der Waals surface area contributed by atoms with Crippen molar-refractivity contribution in [2.45, 2.75) is 19.4 Å². The highest BCUT2D eigenvalue weighted by Crippen LogP contribution is 2.16. The van der Waals surface area contributed by atoms with E-state index in [0.717, 1.165) is 17.7 Å².